The fourth-order valence-corrected chi connectivity index (χ4v) is 4.30. The van der Waals surface area contributed by atoms with Crippen molar-refractivity contribution in [3.8, 4) is 0 Å². The Bertz CT molecular complexity index is 884. The molecule has 4 nitrogen and oxygen atoms in total. The van der Waals surface area contributed by atoms with Crippen LogP contribution < -0.4 is 0 Å². The predicted molar refractivity (Wildman–Crippen MR) is 83.0 cm³/mol. The third-order valence-corrected chi connectivity index (χ3v) is 5.34. The normalized spacial score (nSPS) is 12.0. The molecule has 0 bridgehead atoms. The lowest BCUT2D eigenvalue weighted by atomic mass is 10.1. The van der Waals surface area contributed by atoms with Crippen LogP contribution in [0.15, 0.2) is 47.5 Å². The molecule has 0 unspecified atom stereocenters. The number of nitrogens with zero attached hydrogens (tertiary/aromatic N) is 2. The van der Waals surface area contributed by atoms with Crippen molar-refractivity contribution in [2.75, 3.05) is 0 Å². The van der Waals surface area contributed by atoms with E-state index in [1.54, 1.807) is 12.3 Å². The summed E-state index contributed by atoms with van der Waals surface area (Å²) < 4.78 is 26.8. The lowest BCUT2D eigenvalue weighted by Gasteiger charge is -2.11. The van der Waals surface area contributed by atoms with Crippen molar-refractivity contribution in [2.24, 2.45) is 0 Å². The van der Waals surface area contributed by atoms with Crippen LogP contribution in [-0.4, -0.2) is 17.6 Å². The number of benzene rings is 2. The van der Waals surface area contributed by atoms with Gasteiger partial charge in [0.1, 0.15) is 0 Å². The van der Waals surface area contributed by atoms with Crippen molar-refractivity contribution in [3.05, 3.63) is 59.3 Å². The summed E-state index contributed by atoms with van der Waals surface area (Å²) in [7, 11) is -3.67. The Balaban J connectivity index is 2.25. The van der Waals surface area contributed by atoms with Crippen LogP contribution in [-0.2, 0) is 10.0 Å². The molecule has 0 saturated carbocycles. The lowest BCUT2D eigenvalue weighted by molar-refractivity contribution is 0.579. The van der Waals surface area contributed by atoms with Gasteiger partial charge in [0.2, 0.25) is 0 Å². The molecule has 5 heteroatoms. The van der Waals surface area contributed by atoms with E-state index in [0.717, 1.165) is 26.2 Å². The van der Waals surface area contributed by atoms with Crippen LogP contribution in [0.4, 0.5) is 0 Å². The molecule has 0 amide bonds. The zero-order chi connectivity index (χ0) is 15.2. The largest absolute Gasteiger partial charge is 0.283 e. The first-order chi connectivity index (χ1) is 9.89. The molecule has 0 aliphatic rings. The van der Waals surface area contributed by atoms with Gasteiger partial charge in [-0.25, -0.2) is 0 Å². The highest BCUT2D eigenvalue weighted by Crippen LogP contribution is 2.25. The first-order valence-electron chi connectivity index (χ1n) is 6.67. The van der Waals surface area contributed by atoms with Crippen LogP contribution in [0.5, 0.6) is 0 Å². The van der Waals surface area contributed by atoms with Crippen molar-refractivity contribution in [3.63, 3.8) is 0 Å². The van der Waals surface area contributed by atoms with Gasteiger partial charge in [0.05, 0.1) is 16.6 Å². The van der Waals surface area contributed by atoms with Gasteiger partial charge in [-0.1, -0.05) is 35.9 Å². The van der Waals surface area contributed by atoms with Gasteiger partial charge >= 0.3 is 0 Å². The Morgan fingerprint density at radius 2 is 1.62 bits per heavy atom. The summed E-state index contributed by atoms with van der Waals surface area (Å²) in [6.45, 7) is 5.59. The molecule has 108 valence electrons. The third-order valence-electron chi connectivity index (χ3n) is 3.50. The van der Waals surface area contributed by atoms with E-state index in [1.165, 1.54) is 0 Å². The monoisotopic (exact) mass is 300 g/mol. The van der Waals surface area contributed by atoms with Gasteiger partial charge in [-0.2, -0.15) is 17.6 Å². The van der Waals surface area contributed by atoms with Gasteiger partial charge in [-0.15, -0.1) is 0 Å². The highest BCUT2D eigenvalue weighted by atomic mass is 32.2. The van der Waals surface area contributed by atoms with E-state index in [4.69, 9.17) is 0 Å². The standard InChI is InChI=1S/C16H16N2O2S/c1-11-8-12(2)16(13(3)9-11)21(19,20)18-10-14-6-4-5-7-15(14)17-18/h4-10H,1-3H3. The highest BCUT2D eigenvalue weighted by molar-refractivity contribution is 7.90. The summed E-state index contributed by atoms with van der Waals surface area (Å²) in [5.41, 5.74) is 3.21. The molecular formula is C16H16N2O2S. The van der Waals surface area contributed by atoms with Gasteiger partial charge in [0.25, 0.3) is 10.0 Å². The van der Waals surface area contributed by atoms with Crippen molar-refractivity contribution in [2.45, 2.75) is 25.7 Å². The maximum atomic E-state index is 12.9. The molecule has 0 N–H and O–H groups in total. The van der Waals surface area contributed by atoms with Crippen molar-refractivity contribution in [1.82, 2.24) is 9.19 Å². The second kappa shape index (κ2) is 4.70. The zero-order valence-corrected chi connectivity index (χ0v) is 13.0. The first-order valence-corrected chi connectivity index (χ1v) is 8.11. The maximum Gasteiger partial charge on any atom is 0.283 e. The average molecular weight is 300 g/mol. The molecular weight excluding hydrogens is 284 g/mol. The summed E-state index contributed by atoms with van der Waals surface area (Å²) in [5, 5.41) is 5.00. The topological polar surface area (TPSA) is 52.0 Å². The molecule has 0 fully saturated rings. The van der Waals surface area contributed by atoms with Crippen molar-refractivity contribution < 1.29 is 8.42 Å². The second-order valence-corrected chi connectivity index (χ2v) is 7.03. The molecule has 3 rings (SSSR count). The van der Waals surface area contributed by atoms with Crippen LogP contribution in [0.3, 0.4) is 0 Å². The van der Waals surface area contributed by atoms with E-state index in [1.807, 2.05) is 51.1 Å². The van der Waals surface area contributed by atoms with E-state index in [2.05, 4.69) is 5.10 Å². The highest BCUT2D eigenvalue weighted by Gasteiger charge is 2.23. The minimum absolute atomic E-state index is 0.334. The third kappa shape index (κ3) is 2.23. The Hall–Kier alpha value is -2.14. The van der Waals surface area contributed by atoms with Gasteiger partial charge < -0.3 is 0 Å². The number of hydrogen-bond acceptors (Lipinski definition) is 3. The van der Waals surface area contributed by atoms with Crippen molar-refractivity contribution >= 4 is 20.9 Å². The van der Waals surface area contributed by atoms with Crippen LogP contribution in [0.1, 0.15) is 16.7 Å². The average Bonchev–Trinajstić information content (AvgIpc) is 2.81. The molecule has 0 spiro atoms. The second-order valence-electron chi connectivity index (χ2n) is 5.29. The fourth-order valence-electron chi connectivity index (χ4n) is 2.73. The summed E-state index contributed by atoms with van der Waals surface area (Å²) in [4.78, 5) is 0.334. The van der Waals surface area contributed by atoms with Gasteiger partial charge in [-0.3, -0.25) is 0 Å². The molecule has 0 atom stereocenters. The molecule has 0 aliphatic carbocycles. The van der Waals surface area contributed by atoms with E-state index in [-0.39, 0.29) is 0 Å². The predicted octanol–water partition coefficient (Wildman–Crippen LogP) is 3.20. The summed E-state index contributed by atoms with van der Waals surface area (Å²) >= 11 is 0. The number of fused-ring (bicyclic) bond motifs is 1. The summed E-state index contributed by atoms with van der Waals surface area (Å²) in [6.07, 6.45) is 1.56. The number of aromatic nitrogens is 2. The number of hydrogen-bond donors (Lipinski definition) is 0. The molecule has 1 aromatic heterocycles. The summed E-state index contributed by atoms with van der Waals surface area (Å²) in [6, 6.07) is 11.1. The molecule has 0 radical (unpaired) electrons. The smallest absolute Gasteiger partial charge is 0.199 e. The minimum Gasteiger partial charge on any atom is -0.199 e. The minimum atomic E-state index is -3.67. The first kappa shape index (κ1) is 13.8. The summed E-state index contributed by atoms with van der Waals surface area (Å²) in [5.74, 6) is 0. The Kier molecular flexibility index (Phi) is 3.10. The van der Waals surface area contributed by atoms with Gasteiger partial charge in [0, 0.05) is 5.39 Å². The SMILES string of the molecule is Cc1cc(C)c(S(=O)(=O)n2cc3ccccc3n2)c(C)c1. The Morgan fingerprint density at radius 1 is 1.00 bits per heavy atom. The van der Waals surface area contributed by atoms with Crippen LogP contribution >= 0.6 is 0 Å². The van der Waals surface area contributed by atoms with E-state index >= 15 is 0 Å². The molecule has 1 heterocycles. The van der Waals surface area contributed by atoms with Crippen molar-refractivity contribution in [1.29, 1.82) is 0 Å². The van der Waals surface area contributed by atoms with Crippen LogP contribution in [0.25, 0.3) is 10.9 Å². The number of rotatable bonds is 2. The fraction of sp³-hybridized carbons (Fsp3) is 0.188. The van der Waals surface area contributed by atoms with Gasteiger partial charge in [0.15, 0.2) is 0 Å². The van der Waals surface area contributed by atoms with Crippen LogP contribution in [0, 0.1) is 20.8 Å². The zero-order valence-electron chi connectivity index (χ0n) is 12.2. The number of aryl methyl sites for hydroxylation is 3. The van der Waals surface area contributed by atoms with E-state index in [0.29, 0.717) is 10.4 Å². The Labute approximate surface area is 124 Å². The van der Waals surface area contributed by atoms with Gasteiger partial charge in [-0.05, 0) is 38.0 Å². The van der Waals surface area contributed by atoms with Crippen LogP contribution in [0.2, 0.25) is 0 Å². The Morgan fingerprint density at radius 3 is 2.24 bits per heavy atom. The lowest BCUT2D eigenvalue weighted by Crippen LogP contribution is -2.16. The molecule has 3 aromatic rings. The molecule has 21 heavy (non-hydrogen) atoms. The molecule has 2 aromatic carbocycles. The molecule has 0 aliphatic heterocycles. The van der Waals surface area contributed by atoms with E-state index < -0.39 is 10.0 Å². The molecule has 0 saturated heterocycles. The quantitative estimate of drug-likeness (QED) is 0.730. The maximum absolute atomic E-state index is 12.9. The van der Waals surface area contributed by atoms with E-state index in [9.17, 15) is 8.42 Å².